The summed E-state index contributed by atoms with van der Waals surface area (Å²) in [5, 5.41) is 13.7. The summed E-state index contributed by atoms with van der Waals surface area (Å²) in [6, 6.07) is 8.86. The quantitative estimate of drug-likeness (QED) is 0.544. The van der Waals surface area contributed by atoms with Gasteiger partial charge in [0.15, 0.2) is 10.4 Å². The van der Waals surface area contributed by atoms with E-state index in [0.717, 1.165) is 4.47 Å². The van der Waals surface area contributed by atoms with Crippen molar-refractivity contribution in [2.75, 3.05) is 0 Å². The van der Waals surface area contributed by atoms with Crippen LogP contribution in [0.2, 0.25) is 0 Å². The first kappa shape index (κ1) is 19.9. The average molecular weight is 486 g/mol. The maximum Gasteiger partial charge on any atom is 0.325 e. The Morgan fingerprint density at radius 1 is 1.12 bits per heavy atom. The first-order valence-electron chi connectivity index (χ1n) is 7.34. The van der Waals surface area contributed by atoms with Crippen LogP contribution in [0.15, 0.2) is 55.7 Å². The number of rotatable bonds is 6. The summed E-state index contributed by atoms with van der Waals surface area (Å²) in [6.45, 7) is 1.32. The fraction of sp³-hybridized carbons (Fsp3) is 0.118. The Bertz CT molecular complexity index is 858. The van der Waals surface area contributed by atoms with Gasteiger partial charge in [0.25, 0.3) is 11.8 Å². The minimum atomic E-state index is -1.19. The SMILES string of the molecule is C[C@H](NC(=O)/C(=C\c1ccc(Br)cc1)NC(=O)c1ccc(Br)o1)C(=O)O. The lowest BCUT2D eigenvalue weighted by molar-refractivity contribution is -0.140. The van der Waals surface area contributed by atoms with E-state index in [9.17, 15) is 14.4 Å². The molecule has 7 nitrogen and oxygen atoms in total. The topological polar surface area (TPSA) is 109 Å². The van der Waals surface area contributed by atoms with Crippen molar-refractivity contribution >= 4 is 55.7 Å². The Morgan fingerprint density at radius 3 is 2.31 bits per heavy atom. The van der Waals surface area contributed by atoms with Crippen molar-refractivity contribution < 1.29 is 23.9 Å². The fourth-order valence-electron chi connectivity index (χ4n) is 1.84. The van der Waals surface area contributed by atoms with E-state index in [1.54, 1.807) is 30.3 Å². The number of hydrogen-bond donors (Lipinski definition) is 3. The van der Waals surface area contributed by atoms with Gasteiger partial charge in [-0.25, -0.2) is 0 Å². The molecular formula is C17H14Br2N2O5. The fourth-order valence-corrected chi connectivity index (χ4v) is 2.41. The molecule has 0 unspecified atom stereocenters. The summed E-state index contributed by atoms with van der Waals surface area (Å²) < 4.78 is 6.37. The predicted molar refractivity (Wildman–Crippen MR) is 101 cm³/mol. The minimum absolute atomic E-state index is 0.00216. The lowest BCUT2D eigenvalue weighted by atomic mass is 10.2. The molecule has 0 aliphatic heterocycles. The van der Waals surface area contributed by atoms with Crippen LogP contribution in [-0.2, 0) is 9.59 Å². The highest BCUT2D eigenvalue weighted by molar-refractivity contribution is 9.10. The van der Waals surface area contributed by atoms with E-state index in [2.05, 4.69) is 42.5 Å². The number of furan rings is 1. The van der Waals surface area contributed by atoms with Crippen LogP contribution < -0.4 is 10.6 Å². The molecule has 0 saturated heterocycles. The van der Waals surface area contributed by atoms with Crippen molar-refractivity contribution in [2.24, 2.45) is 0 Å². The van der Waals surface area contributed by atoms with Gasteiger partial charge in [-0.15, -0.1) is 0 Å². The van der Waals surface area contributed by atoms with Crippen molar-refractivity contribution in [2.45, 2.75) is 13.0 Å². The van der Waals surface area contributed by atoms with Crippen LogP contribution in [0.5, 0.6) is 0 Å². The maximum absolute atomic E-state index is 12.4. The molecule has 2 rings (SSSR count). The molecule has 0 saturated carbocycles. The largest absolute Gasteiger partial charge is 0.480 e. The standard InChI is InChI=1S/C17H14Br2N2O5/c1-9(17(24)25)20-15(22)12(8-10-2-4-11(18)5-3-10)21-16(23)13-6-7-14(19)26-13/h2-9H,1H3,(H,20,22)(H,21,23)(H,24,25)/b12-8+/t9-/m0/s1. The van der Waals surface area contributed by atoms with E-state index in [4.69, 9.17) is 9.52 Å². The third-order valence-corrected chi connectivity index (χ3v) is 4.14. The summed E-state index contributed by atoms with van der Waals surface area (Å²) in [7, 11) is 0. The molecular weight excluding hydrogens is 472 g/mol. The van der Waals surface area contributed by atoms with Crippen molar-refractivity contribution in [1.29, 1.82) is 0 Å². The van der Waals surface area contributed by atoms with Crippen molar-refractivity contribution in [3.05, 3.63) is 62.6 Å². The number of benzene rings is 1. The molecule has 26 heavy (non-hydrogen) atoms. The first-order valence-corrected chi connectivity index (χ1v) is 8.92. The number of carboxylic acid groups (broad SMARTS) is 1. The van der Waals surface area contributed by atoms with Gasteiger partial charge in [0.1, 0.15) is 11.7 Å². The number of carboxylic acids is 1. The van der Waals surface area contributed by atoms with E-state index in [0.29, 0.717) is 10.2 Å². The molecule has 2 aromatic rings. The molecule has 0 fully saturated rings. The lowest BCUT2D eigenvalue weighted by Gasteiger charge is -2.13. The molecule has 0 bridgehead atoms. The van der Waals surface area contributed by atoms with E-state index in [-0.39, 0.29) is 11.5 Å². The summed E-state index contributed by atoms with van der Waals surface area (Å²) in [5.41, 5.74) is 0.528. The Hall–Kier alpha value is -2.39. The van der Waals surface area contributed by atoms with Gasteiger partial charge in [0, 0.05) is 4.47 Å². The summed E-state index contributed by atoms with van der Waals surface area (Å²) in [4.78, 5) is 35.6. The second kappa shape index (κ2) is 8.81. The third-order valence-electron chi connectivity index (χ3n) is 3.19. The lowest BCUT2D eigenvalue weighted by Crippen LogP contribution is -2.42. The second-order valence-corrected chi connectivity index (χ2v) is 6.90. The smallest absolute Gasteiger partial charge is 0.325 e. The number of carbonyl (C=O) groups is 3. The van der Waals surface area contributed by atoms with Crippen LogP contribution in [0.3, 0.4) is 0 Å². The Morgan fingerprint density at radius 2 is 1.77 bits per heavy atom. The van der Waals surface area contributed by atoms with Gasteiger partial charge in [-0.1, -0.05) is 28.1 Å². The molecule has 3 N–H and O–H groups in total. The van der Waals surface area contributed by atoms with Crippen LogP contribution in [0.4, 0.5) is 0 Å². The van der Waals surface area contributed by atoms with Gasteiger partial charge < -0.3 is 20.2 Å². The van der Waals surface area contributed by atoms with E-state index >= 15 is 0 Å². The monoisotopic (exact) mass is 484 g/mol. The van der Waals surface area contributed by atoms with Gasteiger partial charge in [0.2, 0.25) is 0 Å². The Balaban J connectivity index is 2.28. The molecule has 0 aliphatic rings. The van der Waals surface area contributed by atoms with Crippen molar-refractivity contribution in [3.8, 4) is 0 Å². The first-order chi connectivity index (χ1) is 12.3. The predicted octanol–water partition coefficient (Wildman–Crippen LogP) is 3.16. The molecule has 1 aromatic carbocycles. The molecule has 1 aromatic heterocycles. The van der Waals surface area contributed by atoms with E-state index < -0.39 is 23.8 Å². The Labute approximate surface area is 165 Å². The van der Waals surface area contributed by atoms with Gasteiger partial charge in [-0.05, 0) is 58.8 Å². The zero-order valence-electron chi connectivity index (χ0n) is 13.5. The molecule has 1 atom stereocenters. The number of nitrogens with one attached hydrogen (secondary N) is 2. The van der Waals surface area contributed by atoms with Crippen LogP contribution in [0, 0.1) is 0 Å². The van der Waals surface area contributed by atoms with Gasteiger partial charge >= 0.3 is 5.97 Å². The van der Waals surface area contributed by atoms with Crippen LogP contribution in [0.25, 0.3) is 6.08 Å². The number of carbonyl (C=O) groups excluding carboxylic acids is 2. The van der Waals surface area contributed by atoms with Crippen LogP contribution >= 0.6 is 31.9 Å². The van der Waals surface area contributed by atoms with E-state index in [1.807, 2.05) is 0 Å². The van der Waals surface area contributed by atoms with Crippen molar-refractivity contribution in [3.63, 3.8) is 0 Å². The summed E-state index contributed by atoms with van der Waals surface area (Å²) in [5.74, 6) is -2.57. The highest BCUT2D eigenvalue weighted by Gasteiger charge is 2.20. The van der Waals surface area contributed by atoms with Gasteiger partial charge in [0.05, 0.1) is 0 Å². The molecule has 0 radical (unpaired) electrons. The second-order valence-electron chi connectivity index (χ2n) is 5.20. The highest BCUT2D eigenvalue weighted by Crippen LogP contribution is 2.16. The Kier molecular flexibility index (Phi) is 6.76. The molecule has 0 spiro atoms. The molecule has 9 heteroatoms. The summed E-state index contributed by atoms with van der Waals surface area (Å²) in [6.07, 6.45) is 1.44. The highest BCUT2D eigenvalue weighted by atomic mass is 79.9. The normalized spacial score (nSPS) is 12.3. The third kappa shape index (κ3) is 5.57. The molecule has 1 heterocycles. The number of halogens is 2. The van der Waals surface area contributed by atoms with Crippen LogP contribution in [0.1, 0.15) is 23.0 Å². The van der Waals surface area contributed by atoms with Gasteiger partial charge in [-0.3, -0.25) is 14.4 Å². The van der Waals surface area contributed by atoms with Crippen molar-refractivity contribution in [1.82, 2.24) is 10.6 Å². The zero-order valence-corrected chi connectivity index (χ0v) is 16.6. The summed E-state index contributed by atoms with van der Waals surface area (Å²) >= 11 is 6.41. The number of hydrogen-bond acceptors (Lipinski definition) is 4. The van der Waals surface area contributed by atoms with Gasteiger partial charge in [-0.2, -0.15) is 0 Å². The average Bonchev–Trinajstić information content (AvgIpc) is 3.02. The maximum atomic E-state index is 12.4. The van der Waals surface area contributed by atoms with Crippen LogP contribution in [-0.4, -0.2) is 28.9 Å². The number of aliphatic carboxylic acids is 1. The molecule has 0 aliphatic carbocycles. The minimum Gasteiger partial charge on any atom is -0.480 e. The number of amides is 2. The zero-order chi connectivity index (χ0) is 19.3. The van der Waals surface area contributed by atoms with E-state index in [1.165, 1.54) is 19.1 Å². The molecule has 136 valence electrons. The molecule has 2 amide bonds.